The maximum Gasteiger partial charge on any atom is 0.489 e. The highest BCUT2D eigenvalue weighted by atomic mass is 16.7. The van der Waals surface area contributed by atoms with Crippen LogP contribution in [0.5, 0.6) is 0 Å². The van der Waals surface area contributed by atoms with Crippen molar-refractivity contribution >= 4 is 7.12 Å². The summed E-state index contributed by atoms with van der Waals surface area (Å²) >= 11 is 0. The van der Waals surface area contributed by atoms with Gasteiger partial charge in [0.2, 0.25) is 0 Å². The largest absolute Gasteiger partial charge is 0.489 e. The van der Waals surface area contributed by atoms with Crippen molar-refractivity contribution in [1.82, 2.24) is 0 Å². The predicted molar refractivity (Wildman–Crippen MR) is 73.9 cm³/mol. The average Bonchev–Trinajstić information content (AvgIpc) is 2.35. The van der Waals surface area contributed by atoms with E-state index >= 15 is 0 Å². The van der Waals surface area contributed by atoms with Crippen molar-refractivity contribution in [2.75, 3.05) is 0 Å². The van der Waals surface area contributed by atoms with E-state index in [-0.39, 0.29) is 18.3 Å². The lowest BCUT2D eigenvalue weighted by molar-refractivity contribution is 0.00578. The van der Waals surface area contributed by atoms with Crippen LogP contribution in [0.15, 0.2) is 23.7 Å². The van der Waals surface area contributed by atoms with E-state index in [0.29, 0.717) is 0 Å². The van der Waals surface area contributed by atoms with Gasteiger partial charge in [-0.2, -0.15) is 0 Å². The first-order valence-corrected chi connectivity index (χ1v) is 6.32. The van der Waals surface area contributed by atoms with Gasteiger partial charge in [-0.05, 0) is 59.9 Å². The molecule has 0 radical (unpaired) electrons. The molecular weight excluding hydrogens is 211 g/mol. The second kappa shape index (κ2) is 4.99. The average molecular weight is 236 g/mol. The normalized spacial score (nSPS) is 21.4. The number of hydrogen-bond acceptors (Lipinski definition) is 2. The first kappa shape index (κ1) is 14.5. The first-order valence-electron chi connectivity index (χ1n) is 6.32. The van der Waals surface area contributed by atoms with Gasteiger partial charge in [-0.1, -0.05) is 11.6 Å². The summed E-state index contributed by atoms with van der Waals surface area (Å²) in [5.41, 5.74) is 1.83. The van der Waals surface area contributed by atoms with Crippen LogP contribution in [-0.4, -0.2) is 18.3 Å². The van der Waals surface area contributed by atoms with Crippen LogP contribution in [0.2, 0.25) is 0 Å². The van der Waals surface area contributed by atoms with Crippen molar-refractivity contribution in [3.05, 3.63) is 23.7 Å². The highest BCUT2D eigenvalue weighted by molar-refractivity contribution is 6.54. The minimum atomic E-state index is -0.267. The SMILES string of the molecule is C=C(CCC=C(C)C)B1OC(C)(C)C(C)(C)O1. The molecule has 0 bridgehead atoms. The monoisotopic (exact) mass is 236 g/mol. The van der Waals surface area contributed by atoms with E-state index in [0.717, 1.165) is 18.3 Å². The fraction of sp³-hybridized carbons (Fsp3) is 0.714. The van der Waals surface area contributed by atoms with Gasteiger partial charge in [0.25, 0.3) is 0 Å². The third-order valence-electron chi connectivity index (χ3n) is 3.60. The molecule has 0 spiro atoms. The van der Waals surface area contributed by atoms with E-state index in [2.05, 4.69) is 54.2 Å². The molecule has 1 fully saturated rings. The van der Waals surface area contributed by atoms with E-state index in [1.165, 1.54) is 5.57 Å². The molecule has 0 atom stereocenters. The Bertz CT molecular complexity index is 309. The molecule has 96 valence electrons. The molecule has 0 aromatic carbocycles. The summed E-state index contributed by atoms with van der Waals surface area (Å²) in [6, 6.07) is 0. The second-order valence-electron chi connectivity index (χ2n) is 6.07. The summed E-state index contributed by atoms with van der Waals surface area (Å²) in [5, 5.41) is 0. The molecule has 0 aromatic rings. The van der Waals surface area contributed by atoms with Crippen molar-refractivity contribution in [1.29, 1.82) is 0 Å². The standard InChI is InChI=1S/C14H25BO2/c1-11(2)9-8-10-12(3)15-16-13(4,5)14(6,7)17-15/h9H,3,8,10H2,1-2,4-7H3. The Morgan fingerprint density at radius 1 is 1.12 bits per heavy atom. The zero-order valence-corrected chi connectivity index (χ0v) is 12.1. The van der Waals surface area contributed by atoms with Crippen molar-refractivity contribution < 1.29 is 9.31 Å². The molecule has 1 rings (SSSR count). The van der Waals surface area contributed by atoms with Gasteiger partial charge in [-0.3, -0.25) is 0 Å². The summed E-state index contributed by atoms with van der Waals surface area (Å²) in [7, 11) is -0.259. The van der Waals surface area contributed by atoms with Crippen LogP contribution >= 0.6 is 0 Å². The summed E-state index contributed by atoms with van der Waals surface area (Å²) in [6.07, 6.45) is 4.14. The molecular formula is C14H25BO2. The van der Waals surface area contributed by atoms with Gasteiger partial charge in [0.05, 0.1) is 11.2 Å². The van der Waals surface area contributed by atoms with E-state index < -0.39 is 0 Å². The first-order chi connectivity index (χ1) is 7.66. The number of allylic oxidation sites excluding steroid dienone is 3. The quantitative estimate of drug-likeness (QED) is 0.544. The van der Waals surface area contributed by atoms with E-state index in [4.69, 9.17) is 9.31 Å². The van der Waals surface area contributed by atoms with Crippen LogP contribution in [0, 0.1) is 0 Å². The Kier molecular flexibility index (Phi) is 4.26. The number of hydrogen-bond donors (Lipinski definition) is 0. The third-order valence-corrected chi connectivity index (χ3v) is 3.60. The summed E-state index contributed by atoms with van der Waals surface area (Å²) in [4.78, 5) is 0. The molecule has 17 heavy (non-hydrogen) atoms. The van der Waals surface area contributed by atoms with Gasteiger partial charge in [-0.15, -0.1) is 6.58 Å². The lowest BCUT2D eigenvalue weighted by atomic mass is 9.77. The highest BCUT2D eigenvalue weighted by Crippen LogP contribution is 2.38. The summed E-state index contributed by atoms with van der Waals surface area (Å²) in [6.45, 7) is 16.6. The molecule has 0 saturated carbocycles. The summed E-state index contributed by atoms with van der Waals surface area (Å²) < 4.78 is 11.9. The topological polar surface area (TPSA) is 18.5 Å². The molecule has 2 nitrogen and oxygen atoms in total. The van der Waals surface area contributed by atoms with Crippen LogP contribution in [0.4, 0.5) is 0 Å². The lowest BCUT2D eigenvalue weighted by Crippen LogP contribution is -2.41. The van der Waals surface area contributed by atoms with Gasteiger partial charge in [0.15, 0.2) is 0 Å². The lowest BCUT2D eigenvalue weighted by Gasteiger charge is -2.32. The van der Waals surface area contributed by atoms with E-state index in [1.807, 2.05) is 0 Å². The zero-order valence-electron chi connectivity index (χ0n) is 12.1. The third kappa shape index (κ3) is 3.46. The second-order valence-corrected chi connectivity index (χ2v) is 6.07. The molecule has 0 aromatic heterocycles. The van der Waals surface area contributed by atoms with Crippen molar-refractivity contribution in [3.8, 4) is 0 Å². The van der Waals surface area contributed by atoms with Crippen molar-refractivity contribution in [3.63, 3.8) is 0 Å². The Balaban J connectivity index is 2.54. The highest BCUT2D eigenvalue weighted by Gasteiger charge is 2.51. The molecule has 3 heteroatoms. The van der Waals surface area contributed by atoms with Gasteiger partial charge in [0.1, 0.15) is 0 Å². The molecule has 0 aliphatic carbocycles. The van der Waals surface area contributed by atoms with Crippen molar-refractivity contribution in [2.24, 2.45) is 0 Å². The molecule has 1 aliphatic heterocycles. The molecule has 0 unspecified atom stereocenters. The maximum atomic E-state index is 5.94. The molecule has 1 heterocycles. The Labute approximate surface area is 106 Å². The van der Waals surface area contributed by atoms with Gasteiger partial charge in [-0.25, -0.2) is 0 Å². The Hall–Kier alpha value is -0.535. The molecule has 0 N–H and O–H groups in total. The van der Waals surface area contributed by atoms with E-state index in [9.17, 15) is 0 Å². The minimum absolute atomic E-state index is 0.259. The molecule has 0 amide bonds. The molecule has 1 saturated heterocycles. The maximum absolute atomic E-state index is 5.94. The Morgan fingerprint density at radius 3 is 2.00 bits per heavy atom. The smallest absolute Gasteiger partial charge is 0.400 e. The van der Waals surface area contributed by atoms with Gasteiger partial charge in [0, 0.05) is 0 Å². The van der Waals surface area contributed by atoms with E-state index in [1.54, 1.807) is 0 Å². The minimum Gasteiger partial charge on any atom is -0.400 e. The summed E-state index contributed by atoms with van der Waals surface area (Å²) in [5.74, 6) is 0. The fourth-order valence-electron chi connectivity index (χ4n) is 1.67. The van der Waals surface area contributed by atoms with Crippen LogP contribution in [0.1, 0.15) is 54.4 Å². The predicted octanol–water partition coefficient (Wildman–Crippen LogP) is 3.92. The van der Waals surface area contributed by atoms with Crippen LogP contribution in [-0.2, 0) is 9.31 Å². The zero-order chi connectivity index (χ0) is 13.3. The fourth-order valence-corrected chi connectivity index (χ4v) is 1.67. The van der Waals surface area contributed by atoms with Crippen molar-refractivity contribution in [2.45, 2.75) is 65.6 Å². The van der Waals surface area contributed by atoms with Crippen LogP contribution < -0.4 is 0 Å². The Morgan fingerprint density at radius 2 is 1.59 bits per heavy atom. The number of rotatable bonds is 4. The van der Waals surface area contributed by atoms with Crippen LogP contribution in [0.25, 0.3) is 0 Å². The van der Waals surface area contributed by atoms with Gasteiger partial charge < -0.3 is 9.31 Å². The van der Waals surface area contributed by atoms with Crippen LogP contribution in [0.3, 0.4) is 0 Å². The van der Waals surface area contributed by atoms with Gasteiger partial charge >= 0.3 is 7.12 Å². The molecule has 1 aliphatic rings.